The molecule has 0 spiro atoms. The van der Waals surface area contributed by atoms with Crippen LogP contribution in [0, 0.1) is 0 Å². The van der Waals surface area contributed by atoms with Gasteiger partial charge >= 0.3 is 6.03 Å². The Morgan fingerprint density at radius 3 is 2.39 bits per heavy atom. The number of benzene rings is 1. The highest BCUT2D eigenvalue weighted by atomic mass is 16.5. The molecule has 1 aliphatic rings. The van der Waals surface area contributed by atoms with Gasteiger partial charge in [0, 0.05) is 38.3 Å². The third kappa shape index (κ3) is 4.61. The van der Waals surface area contributed by atoms with Gasteiger partial charge in [0.15, 0.2) is 0 Å². The van der Waals surface area contributed by atoms with Crippen molar-refractivity contribution in [3.05, 3.63) is 29.8 Å². The molecule has 1 aromatic rings. The molecule has 0 unspecified atom stereocenters. The zero-order valence-corrected chi connectivity index (χ0v) is 13.9. The highest BCUT2D eigenvalue weighted by molar-refractivity contribution is 5.94. The molecule has 0 aromatic heterocycles. The Labute approximate surface area is 137 Å². The number of urea groups is 1. The van der Waals surface area contributed by atoms with Crippen molar-refractivity contribution < 1.29 is 14.3 Å². The van der Waals surface area contributed by atoms with E-state index in [0.29, 0.717) is 38.3 Å². The molecule has 0 atom stereocenters. The van der Waals surface area contributed by atoms with E-state index in [9.17, 15) is 9.59 Å². The second-order valence-electron chi connectivity index (χ2n) is 5.59. The fraction of sp³-hybridized carbons (Fsp3) is 0.529. The van der Waals surface area contributed by atoms with Gasteiger partial charge in [0.25, 0.3) is 5.91 Å². The van der Waals surface area contributed by atoms with Crippen LogP contribution < -0.4 is 10.1 Å². The number of methoxy groups -OCH3 is 1. The third-order valence-corrected chi connectivity index (χ3v) is 3.93. The summed E-state index contributed by atoms with van der Waals surface area (Å²) in [6.45, 7) is 5.19. The van der Waals surface area contributed by atoms with Crippen LogP contribution in [0.25, 0.3) is 0 Å². The zero-order chi connectivity index (χ0) is 16.7. The first-order chi connectivity index (χ1) is 11.2. The van der Waals surface area contributed by atoms with E-state index in [-0.39, 0.29) is 11.9 Å². The molecule has 1 fully saturated rings. The van der Waals surface area contributed by atoms with Crippen LogP contribution in [-0.4, -0.2) is 61.6 Å². The summed E-state index contributed by atoms with van der Waals surface area (Å²) in [5.74, 6) is 0.736. The number of nitrogens with one attached hydrogen (secondary N) is 1. The molecule has 1 saturated heterocycles. The van der Waals surface area contributed by atoms with Gasteiger partial charge in [0.1, 0.15) is 5.75 Å². The Hall–Kier alpha value is -2.24. The van der Waals surface area contributed by atoms with Crippen molar-refractivity contribution in [1.29, 1.82) is 0 Å². The molecule has 6 heteroatoms. The highest BCUT2D eigenvalue weighted by Crippen LogP contribution is 2.14. The number of hydrogen-bond acceptors (Lipinski definition) is 3. The van der Waals surface area contributed by atoms with Crippen molar-refractivity contribution in [2.45, 2.75) is 19.8 Å². The molecule has 0 saturated carbocycles. The van der Waals surface area contributed by atoms with Crippen LogP contribution in [0.2, 0.25) is 0 Å². The molecule has 2 rings (SSSR count). The largest absolute Gasteiger partial charge is 0.497 e. The maximum Gasteiger partial charge on any atom is 0.317 e. The Bertz CT molecular complexity index is 530. The van der Waals surface area contributed by atoms with E-state index in [1.165, 1.54) is 0 Å². The minimum Gasteiger partial charge on any atom is -0.497 e. The van der Waals surface area contributed by atoms with Crippen LogP contribution >= 0.6 is 0 Å². The maximum absolute atomic E-state index is 12.6. The van der Waals surface area contributed by atoms with Crippen molar-refractivity contribution in [3.63, 3.8) is 0 Å². The van der Waals surface area contributed by atoms with Crippen molar-refractivity contribution in [3.8, 4) is 5.75 Å². The lowest BCUT2D eigenvalue weighted by atomic mass is 10.2. The molecule has 126 valence electrons. The first kappa shape index (κ1) is 17.1. The summed E-state index contributed by atoms with van der Waals surface area (Å²) in [4.78, 5) is 28.2. The summed E-state index contributed by atoms with van der Waals surface area (Å²) < 4.78 is 5.11. The molecule has 0 bridgehead atoms. The number of carbonyl (C=O) groups excluding carboxylic acids is 2. The molecule has 1 aliphatic heterocycles. The normalized spacial score (nSPS) is 15.0. The van der Waals surface area contributed by atoms with Gasteiger partial charge < -0.3 is 19.9 Å². The first-order valence-corrected chi connectivity index (χ1v) is 8.11. The van der Waals surface area contributed by atoms with Gasteiger partial charge in [-0.25, -0.2) is 4.79 Å². The minimum atomic E-state index is -0.0365. The van der Waals surface area contributed by atoms with Gasteiger partial charge in [-0.15, -0.1) is 0 Å². The standard InChI is InChI=1S/C17H25N3O3/c1-3-9-18-17(22)20-11-4-10-19(12-13-20)16(21)14-5-7-15(23-2)8-6-14/h5-8H,3-4,9-13H2,1-2H3,(H,18,22). The smallest absolute Gasteiger partial charge is 0.317 e. The van der Waals surface area contributed by atoms with Crippen molar-refractivity contribution in [2.75, 3.05) is 39.8 Å². The van der Waals surface area contributed by atoms with E-state index in [0.717, 1.165) is 18.6 Å². The Balaban J connectivity index is 1.93. The van der Waals surface area contributed by atoms with Gasteiger partial charge in [0.05, 0.1) is 7.11 Å². The SMILES string of the molecule is CCCNC(=O)N1CCCN(C(=O)c2ccc(OC)cc2)CC1. The average Bonchev–Trinajstić information content (AvgIpc) is 2.85. The molecule has 23 heavy (non-hydrogen) atoms. The predicted octanol–water partition coefficient (Wildman–Crippen LogP) is 1.96. The van der Waals surface area contributed by atoms with Crippen molar-refractivity contribution >= 4 is 11.9 Å². The number of hydrogen-bond donors (Lipinski definition) is 1. The lowest BCUT2D eigenvalue weighted by molar-refractivity contribution is 0.0762. The number of rotatable bonds is 4. The van der Waals surface area contributed by atoms with Crippen LogP contribution in [0.4, 0.5) is 4.79 Å². The number of ether oxygens (including phenoxy) is 1. The Morgan fingerprint density at radius 1 is 1.09 bits per heavy atom. The molecule has 0 radical (unpaired) electrons. The number of carbonyl (C=O) groups is 2. The van der Waals surface area contributed by atoms with Crippen LogP contribution in [0.15, 0.2) is 24.3 Å². The zero-order valence-electron chi connectivity index (χ0n) is 13.9. The minimum absolute atomic E-state index is 0.00321. The van der Waals surface area contributed by atoms with Crippen molar-refractivity contribution in [1.82, 2.24) is 15.1 Å². The first-order valence-electron chi connectivity index (χ1n) is 8.11. The summed E-state index contributed by atoms with van der Waals surface area (Å²) in [6, 6.07) is 7.09. The van der Waals surface area contributed by atoms with Crippen molar-refractivity contribution in [2.24, 2.45) is 0 Å². The van der Waals surface area contributed by atoms with E-state index in [2.05, 4.69) is 5.32 Å². The van der Waals surface area contributed by atoms with E-state index in [4.69, 9.17) is 4.74 Å². The maximum atomic E-state index is 12.6. The molecule has 3 amide bonds. The van der Waals surface area contributed by atoms with Crippen LogP contribution in [-0.2, 0) is 0 Å². The summed E-state index contributed by atoms with van der Waals surface area (Å²) in [7, 11) is 1.60. The fourth-order valence-corrected chi connectivity index (χ4v) is 2.58. The summed E-state index contributed by atoms with van der Waals surface area (Å²) >= 11 is 0. The van der Waals surface area contributed by atoms with Gasteiger partial charge in [-0.05, 0) is 37.1 Å². The predicted molar refractivity (Wildman–Crippen MR) is 88.8 cm³/mol. The molecule has 0 aliphatic carbocycles. The Morgan fingerprint density at radius 2 is 1.74 bits per heavy atom. The summed E-state index contributed by atoms with van der Waals surface area (Å²) in [5.41, 5.74) is 0.648. The number of nitrogens with zero attached hydrogens (tertiary/aromatic N) is 2. The Kier molecular flexibility index (Phi) is 6.26. The second kappa shape index (κ2) is 8.41. The molecule has 6 nitrogen and oxygen atoms in total. The lowest BCUT2D eigenvalue weighted by Gasteiger charge is -2.22. The van der Waals surface area contributed by atoms with Gasteiger partial charge in [-0.3, -0.25) is 4.79 Å². The molecule has 1 N–H and O–H groups in total. The fourth-order valence-electron chi connectivity index (χ4n) is 2.58. The van der Waals surface area contributed by atoms with E-state index in [1.54, 1.807) is 36.3 Å². The van der Waals surface area contributed by atoms with Crippen LogP contribution in [0.3, 0.4) is 0 Å². The summed E-state index contributed by atoms with van der Waals surface area (Å²) in [6.07, 6.45) is 1.71. The quantitative estimate of drug-likeness (QED) is 0.923. The van der Waals surface area contributed by atoms with Gasteiger partial charge in [0.2, 0.25) is 0 Å². The topological polar surface area (TPSA) is 61.9 Å². The van der Waals surface area contributed by atoms with E-state index >= 15 is 0 Å². The van der Waals surface area contributed by atoms with E-state index in [1.807, 2.05) is 11.8 Å². The van der Waals surface area contributed by atoms with Crippen LogP contribution in [0.5, 0.6) is 5.75 Å². The summed E-state index contributed by atoms with van der Waals surface area (Å²) in [5, 5.41) is 2.89. The monoisotopic (exact) mass is 319 g/mol. The molecular weight excluding hydrogens is 294 g/mol. The van der Waals surface area contributed by atoms with Gasteiger partial charge in [-0.2, -0.15) is 0 Å². The third-order valence-electron chi connectivity index (χ3n) is 3.93. The molecular formula is C17H25N3O3. The number of amides is 3. The second-order valence-corrected chi connectivity index (χ2v) is 5.59. The van der Waals surface area contributed by atoms with E-state index < -0.39 is 0 Å². The molecule has 1 heterocycles. The highest BCUT2D eigenvalue weighted by Gasteiger charge is 2.22. The lowest BCUT2D eigenvalue weighted by Crippen LogP contribution is -2.42. The van der Waals surface area contributed by atoms with Crippen LogP contribution in [0.1, 0.15) is 30.1 Å². The van der Waals surface area contributed by atoms with Gasteiger partial charge in [-0.1, -0.05) is 6.92 Å². The molecule has 1 aromatic carbocycles. The average molecular weight is 319 g/mol.